The number of aryl methyl sites for hydroxylation is 1. The number of para-hydroxylation sites is 2. The fourth-order valence-corrected chi connectivity index (χ4v) is 2.58. The van der Waals surface area contributed by atoms with Crippen molar-refractivity contribution in [2.45, 2.75) is 6.92 Å². The van der Waals surface area contributed by atoms with Crippen LogP contribution in [0.15, 0.2) is 48.7 Å². The number of aromatic nitrogens is 2. The van der Waals surface area contributed by atoms with E-state index < -0.39 is 0 Å². The van der Waals surface area contributed by atoms with E-state index in [-0.39, 0.29) is 0 Å². The van der Waals surface area contributed by atoms with Crippen molar-refractivity contribution in [1.82, 2.24) is 9.97 Å². The number of rotatable bonds is 6. The number of hydrogen-bond donors (Lipinski definition) is 2. The van der Waals surface area contributed by atoms with Crippen molar-refractivity contribution >= 4 is 34.7 Å². The Kier molecular flexibility index (Phi) is 5.43. The van der Waals surface area contributed by atoms with Gasteiger partial charge in [-0.2, -0.15) is 4.98 Å². The number of nitrogens with zero attached hydrogens (tertiary/aromatic N) is 2. The largest absolute Gasteiger partial charge is 0.495 e. The van der Waals surface area contributed by atoms with Gasteiger partial charge >= 0.3 is 0 Å². The fraction of sp³-hybridized carbons (Fsp3) is 0.158. The van der Waals surface area contributed by atoms with Crippen molar-refractivity contribution < 1.29 is 9.47 Å². The van der Waals surface area contributed by atoms with Crippen LogP contribution in [0.25, 0.3) is 0 Å². The van der Waals surface area contributed by atoms with E-state index in [0.29, 0.717) is 28.3 Å². The molecule has 0 bridgehead atoms. The molecule has 7 heteroatoms. The van der Waals surface area contributed by atoms with Gasteiger partial charge in [0, 0.05) is 17.3 Å². The van der Waals surface area contributed by atoms with Crippen molar-refractivity contribution in [3.63, 3.8) is 0 Å². The molecule has 0 aliphatic carbocycles. The molecule has 0 saturated heterocycles. The lowest BCUT2D eigenvalue weighted by Gasteiger charge is -2.14. The third kappa shape index (κ3) is 3.97. The molecule has 0 aliphatic heterocycles. The summed E-state index contributed by atoms with van der Waals surface area (Å²) in [6, 6.07) is 13.0. The summed E-state index contributed by atoms with van der Waals surface area (Å²) in [7, 11) is 3.22. The zero-order valence-electron chi connectivity index (χ0n) is 14.7. The summed E-state index contributed by atoms with van der Waals surface area (Å²) in [6.45, 7) is 1.93. The van der Waals surface area contributed by atoms with Crippen molar-refractivity contribution in [2.75, 3.05) is 24.9 Å². The molecule has 0 spiro atoms. The molecule has 2 aromatic carbocycles. The van der Waals surface area contributed by atoms with Gasteiger partial charge in [-0.3, -0.25) is 0 Å². The van der Waals surface area contributed by atoms with Crippen LogP contribution >= 0.6 is 11.6 Å². The number of nitrogens with one attached hydrogen (secondary N) is 2. The van der Waals surface area contributed by atoms with E-state index >= 15 is 0 Å². The number of methoxy groups -OCH3 is 2. The summed E-state index contributed by atoms with van der Waals surface area (Å²) in [5.41, 5.74) is 2.50. The third-order valence-corrected chi connectivity index (χ3v) is 4.16. The van der Waals surface area contributed by atoms with Gasteiger partial charge in [0.25, 0.3) is 0 Å². The number of hydrogen-bond acceptors (Lipinski definition) is 6. The molecule has 0 aliphatic rings. The molecule has 1 heterocycles. The Morgan fingerprint density at radius 1 is 0.923 bits per heavy atom. The summed E-state index contributed by atoms with van der Waals surface area (Å²) < 4.78 is 10.7. The lowest BCUT2D eigenvalue weighted by molar-refractivity contribution is 0.416. The second kappa shape index (κ2) is 7.93. The van der Waals surface area contributed by atoms with Crippen molar-refractivity contribution in [3.8, 4) is 11.5 Å². The molecule has 0 unspecified atom stereocenters. The van der Waals surface area contributed by atoms with Gasteiger partial charge in [-0.25, -0.2) is 4.98 Å². The Bertz CT molecular complexity index is 918. The quantitative estimate of drug-likeness (QED) is 0.640. The van der Waals surface area contributed by atoms with Crippen molar-refractivity contribution in [2.24, 2.45) is 0 Å². The van der Waals surface area contributed by atoms with E-state index in [0.717, 1.165) is 16.9 Å². The van der Waals surface area contributed by atoms with E-state index in [1.165, 1.54) is 0 Å². The predicted octanol–water partition coefficient (Wildman–Crippen LogP) is 4.94. The summed E-state index contributed by atoms with van der Waals surface area (Å²) >= 11 is 6.16. The molecule has 26 heavy (non-hydrogen) atoms. The Morgan fingerprint density at radius 2 is 1.69 bits per heavy atom. The van der Waals surface area contributed by atoms with E-state index in [1.54, 1.807) is 32.5 Å². The standard InChI is InChI=1S/C19H19ClN4O2/c1-12-10-15(17(26-3)11-13(12)20)22-18-8-9-21-19(24-18)23-14-6-4-5-7-16(14)25-2/h4-11H,1-3H3,(H2,21,22,23,24). The molecule has 1 aromatic heterocycles. The van der Waals surface area contributed by atoms with Gasteiger partial charge in [0.05, 0.1) is 25.6 Å². The van der Waals surface area contributed by atoms with Crippen LogP contribution < -0.4 is 20.1 Å². The van der Waals surface area contributed by atoms with Gasteiger partial charge in [0.15, 0.2) is 0 Å². The number of ether oxygens (including phenoxy) is 2. The minimum atomic E-state index is 0.448. The van der Waals surface area contributed by atoms with E-state index in [1.807, 2.05) is 37.3 Å². The first-order valence-corrected chi connectivity index (χ1v) is 8.32. The highest BCUT2D eigenvalue weighted by Gasteiger charge is 2.09. The minimum absolute atomic E-state index is 0.448. The molecule has 0 saturated carbocycles. The average molecular weight is 371 g/mol. The summed E-state index contributed by atoms with van der Waals surface area (Å²) in [5.74, 6) is 2.42. The number of anilines is 4. The van der Waals surface area contributed by atoms with Crippen LogP contribution in [0.4, 0.5) is 23.1 Å². The van der Waals surface area contributed by atoms with Crippen LogP contribution in [0.3, 0.4) is 0 Å². The van der Waals surface area contributed by atoms with Gasteiger partial charge < -0.3 is 20.1 Å². The van der Waals surface area contributed by atoms with Crippen LogP contribution in [0.2, 0.25) is 5.02 Å². The smallest absolute Gasteiger partial charge is 0.229 e. The van der Waals surface area contributed by atoms with Gasteiger partial charge in [-0.15, -0.1) is 0 Å². The summed E-state index contributed by atoms with van der Waals surface area (Å²) in [6.07, 6.45) is 1.67. The lowest BCUT2D eigenvalue weighted by atomic mass is 10.2. The van der Waals surface area contributed by atoms with Crippen LogP contribution in [0.1, 0.15) is 5.56 Å². The molecular weight excluding hydrogens is 352 g/mol. The number of halogens is 1. The Morgan fingerprint density at radius 3 is 2.46 bits per heavy atom. The van der Waals surface area contributed by atoms with Gasteiger partial charge in [0.1, 0.15) is 17.3 Å². The monoisotopic (exact) mass is 370 g/mol. The van der Waals surface area contributed by atoms with Crippen LogP contribution in [-0.2, 0) is 0 Å². The average Bonchev–Trinajstić information content (AvgIpc) is 2.65. The van der Waals surface area contributed by atoms with E-state index in [4.69, 9.17) is 21.1 Å². The zero-order valence-corrected chi connectivity index (χ0v) is 15.5. The van der Waals surface area contributed by atoms with Crippen molar-refractivity contribution in [3.05, 3.63) is 59.2 Å². The molecule has 0 radical (unpaired) electrons. The van der Waals surface area contributed by atoms with Gasteiger partial charge in [0.2, 0.25) is 5.95 Å². The Labute approximate surface area is 157 Å². The lowest BCUT2D eigenvalue weighted by Crippen LogP contribution is -2.02. The molecule has 0 atom stereocenters. The van der Waals surface area contributed by atoms with E-state index in [2.05, 4.69) is 20.6 Å². The van der Waals surface area contributed by atoms with Gasteiger partial charge in [-0.05, 0) is 36.8 Å². The highest BCUT2D eigenvalue weighted by Crippen LogP contribution is 2.33. The van der Waals surface area contributed by atoms with Crippen LogP contribution in [-0.4, -0.2) is 24.2 Å². The molecule has 3 aromatic rings. The Balaban J connectivity index is 1.85. The number of benzene rings is 2. The van der Waals surface area contributed by atoms with Gasteiger partial charge in [-0.1, -0.05) is 23.7 Å². The maximum atomic E-state index is 6.16. The summed E-state index contributed by atoms with van der Waals surface area (Å²) in [5, 5.41) is 7.05. The Hall–Kier alpha value is -2.99. The first-order valence-electron chi connectivity index (χ1n) is 7.95. The second-order valence-corrected chi connectivity index (χ2v) is 5.92. The highest BCUT2D eigenvalue weighted by molar-refractivity contribution is 6.31. The molecule has 2 N–H and O–H groups in total. The first kappa shape index (κ1) is 17.8. The highest BCUT2D eigenvalue weighted by atomic mass is 35.5. The summed E-state index contributed by atoms with van der Waals surface area (Å²) in [4.78, 5) is 8.74. The second-order valence-electron chi connectivity index (χ2n) is 5.52. The van der Waals surface area contributed by atoms with Crippen LogP contribution in [0, 0.1) is 6.92 Å². The molecule has 6 nitrogen and oxygen atoms in total. The fourth-order valence-electron chi connectivity index (χ4n) is 2.42. The maximum Gasteiger partial charge on any atom is 0.229 e. The molecule has 134 valence electrons. The SMILES string of the molecule is COc1cc(Cl)c(C)cc1Nc1ccnc(Nc2ccccc2OC)n1. The zero-order chi connectivity index (χ0) is 18.5. The molecular formula is C19H19ClN4O2. The predicted molar refractivity (Wildman–Crippen MR) is 104 cm³/mol. The third-order valence-electron chi connectivity index (χ3n) is 3.75. The maximum absolute atomic E-state index is 6.16. The minimum Gasteiger partial charge on any atom is -0.495 e. The molecule has 0 fully saturated rings. The van der Waals surface area contributed by atoms with Crippen LogP contribution in [0.5, 0.6) is 11.5 Å². The topological polar surface area (TPSA) is 68.3 Å². The molecule has 3 rings (SSSR count). The van der Waals surface area contributed by atoms with E-state index in [9.17, 15) is 0 Å². The first-order chi connectivity index (χ1) is 12.6. The molecule has 0 amide bonds. The van der Waals surface area contributed by atoms with Crippen molar-refractivity contribution in [1.29, 1.82) is 0 Å². The normalized spacial score (nSPS) is 10.3.